The van der Waals surface area contributed by atoms with Gasteiger partial charge >= 0.3 is 23.1 Å². The van der Waals surface area contributed by atoms with Crippen molar-refractivity contribution >= 4 is 23.1 Å². The maximum atomic E-state index is 8.24. The maximum absolute atomic E-state index is 8.24. The van der Waals surface area contributed by atoms with Gasteiger partial charge in [-0.25, -0.2) is 0 Å². The Bertz CT molecular complexity index is 6.85. The summed E-state index contributed by atoms with van der Waals surface area (Å²) in [5.74, 6) is 0. The molecule has 0 atom stereocenters. The average Bonchev–Trinajstić information content (AvgIpc) is 0.918. The first-order valence-corrected chi connectivity index (χ1v) is 0.926. The van der Waals surface area contributed by atoms with E-state index in [1.165, 1.54) is 0 Å². The Labute approximate surface area is 49.5 Å². The molecule has 0 aliphatic carbocycles. The molecular weight excluding hydrogens is 108 g/mol. The van der Waals surface area contributed by atoms with E-state index in [1.54, 1.807) is 0 Å². The summed E-state index contributed by atoms with van der Waals surface area (Å²) < 4.78 is 16.5. The molecule has 3 nitrogen and oxygen atoms in total. The zero-order valence-corrected chi connectivity index (χ0v) is 4.52. The van der Waals surface area contributed by atoms with Crippen LogP contribution in [-0.4, -0.2) is 28.5 Å². The third-order valence-corrected chi connectivity index (χ3v) is 0. The van der Waals surface area contributed by atoms with E-state index in [0.29, 0.717) is 0 Å². The van der Waals surface area contributed by atoms with Gasteiger partial charge < -0.3 is 14.8 Å². The molecule has 0 spiro atoms. The van der Waals surface area contributed by atoms with Gasteiger partial charge in [0.25, 0.3) is 0 Å². The molecule has 0 amide bonds. The van der Waals surface area contributed by atoms with E-state index in [2.05, 4.69) is 0 Å². The van der Waals surface area contributed by atoms with Crippen LogP contribution in [0.4, 0.5) is 0 Å². The molecule has 0 aromatic heterocycles. The van der Waals surface area contributed by atoms with Crippen LogP contribution in [-0.2, 0) is 0 Å². The molecule has 0 aliphatic heterocycles. The number of hydrogen-bond donors (Lipinski definition) is 0. The van der Waals surface area contributed by atoms with E-state index in [1.807, 2.05) is 0 Å². The van der Waals surface area contributed by atoms with Gasteiger partial charge in [0.1, 0.15) is 0 Å². The van der Waals surface area contributed by atoms with E-state index >= 15 is 0 Å². The molecule has 0 aliphatic rings. The standard InChI is InChI=1S/ClO2.Mg.H2O/c2-1-3;;/h;;1H2/q-1;+2;/p-1. The van der Waals surface area contributed by atoms with Crippen LogP contribution in [0.15, 0.2) is 0 Å². The number of hydrogen-bond acceptors (Lipinski definition) is 3. The molecule has 28 valence electrons. The Morgan fingerprint density at radius 3 is 1.20 bits per heavy atom. The molecule has 5 heavy (non-hydrogen) atoms. The molecule has 0 aromatic rings. The second-order valence-corrected chi connectivity index (χ2v) is 0.189. The first-order valence-electron chi connectivity index (χ1n) is 0.309. The fraction of sp³-hybridized carbons (Fsp3) is 0. The fourth-order valence-electron chi connectivity index (χ4n) is 0. The van der Waals surface area contributed by atoms with E-state index < -0.39 is 11.3 Å². The van der Waals surface area contributed by atoms with Gasteiger partial charge in [0.05, 0.1) is 11.3 Å². The molecular formula is HClMgO3. The monoisotopic (exact) mass is 108 g/mol. The predicted octanol–water partition coefficient (Wildman–Crippen LogP) is -2.94. The van der Waals surface area contributed by atoms with Crippen molar-refractivity contribution in [1.82, 2.24) is 0 Å². The van der Waals surface area contributed by atoms with E-state index in [0.717, 1.165) is 0 Å². The smallest absolute Gasteiger partial charge is 0.870 e. The van der Waals surface area contributed by atoms with E-state index in [4.69, 9.17) is 9.32 Å². The van der Waals surface area contributed by atoms with Gasteiger partial charge in [-0.15, -0.1) is 0 Å². The van der Waals surface area contributed by atoms with Crippen molar-refractivity contribution in [2.75, 3.05) is 0 Å². The largest absolute Gasteiger partial charge is 2.00 e. The molecule has 0 bridgehead atoms. The molecule has 0 rings (SSSR count). The normalized spacial score (nSPS) is 3.60. The van der Waals surface area contributed by atoms with Gasteiger partial charge in [-0.3, -0.25) is 0 Å². The third kappa shape index (κ3) is 48.6. The van der Waals surface area contributed by atoms with Crippen LogP contribution in [0.1, 0.15) is 0 Å². The summed E-state index contributed by atoms with van der Waals surface area (Å²) in [6, 6.07) is 0. The summed E-state index contributed by atoms with van der Waals surface area (Å²) in [5.41, 5.74) is 0. The molecule has 0 saturated heterocycles. The Balaban J connectivity index is -0.0000000200. The van der Waals surface area contributed by atoms with Gasteiger partial charge in [-0.2, -0.15) is 0 Å². The molecule has 0 radical (unpaired) electrons. The maximum Gasteiger partial charge on any atom is 2.00 e. The molecule has 0 unspecified atom stereocenters. The van der Waals surface area contributed by atoms with Crippen molar-refractivity contribution in [3.05, 3.63) is 0 Å². The minimum Gasteiger partial charge on any atom is -0.870 e. The minimum absolute atomic E-state index is 0. The summed E-state index contributed by atoms with van der Waals surface area (Å²) >= 11 is -0.417. The van der Waals surface area contributed by atoms with Crippen molar-refractivity contribution < 1.29 is 26.1 Å². The molecule has 5 heteroatoms. The van der Waals surface area contributed by atoms with Crippen LogP contribution in [0.3, 0.4) is 0 Å². The van der Waals surface area contributed by atoms with Crippen molar-refractivity contribution in [2.24, 2.45) is 0 Å². The fourth-order valence-corrected chi connectivity index (χ4v) is 0. The number of rotatable bonds is 0. The first kappa shape index (κ1) is 16.8. The zero-order chi connectivity index (χ0) is 2.71. The van der Waals surface area contributed by atoms with Crippen LogP contribution in [0.2, 0.25) is 0 Å². The molecule has 1 N–H and O–H groups in total. The van der Waals surface area contributed by atoms with Crippen molar-refractivity contribution in [1.29, 1.82) is 0 Å². The second-order valence-electron chi connectivity index (χ2n) is 0.0630. The quantitative estimate of drug-likeness (QED) is 0.312. The molecule has 0 saturated carbocycles. The summed E-state index contributed by atoms with van der Waals surface area (Å²) in [6.45, 7) is 0. The van der Waals surface area contributed by atoms with E-state index in [9.17, 15) is 0 Å². The molecule has 0 fully saturated rings. The van der Waals surface area contributed by atoms with Gasteiger partial charge in [-0.05, 0) is 0 Å². The van der Waals surface area contributed by atoms with Crippen LogP contribution >= 0.6 is 0 Å². The van der Waals surface area contributed by atoms with Crippen LogP contribution in [0.25, 0.3) is 0 Å². The molecule has 0 heterocycles. The van der Waals surface area contributed by atoms with Crippen LogP contribution in [0.5, 0.6) is 0 Å². The number of halogens is 1. The summed E-state index contributed by atoms with van der Waals surface area (Å²) in [6.07, 6.45) is 0. The SMILES string of the molecule is [Mg+2].[O-][Cl+][O-].[OH-]. The van der Waals surface area contributed by atoms with Crippen molar-refractivity contribution in [3.8, 4) is 0 Å². The van der Waals surface area contributed by atoms with Crippen molar-refractivity contribution in [2.45, 2.75) is 0 Å². The molecule has 0 aromatic carbocycles. The Morgan fingerprint density at radius 1 is 1.20 bits per heavy atom. The summed E-state index contributed by atoms with van der Waals surface area (Å²) in [5, 5.41) is 0. The average molecular weight is 109 g/mol. The first-order chi connectivity index (χ1) is 1.41. The van der Waals surface area contributed by atoms with E-state index in [-0.39, 0.29) is 28.5 Å². The van der Waals surface area contributed by atoms with Gasteiger partial charge in [0, 0.05) is 0 Å². The Morgan fingerprint density at radius 2 is 1.20 bits per heavy atom. The summed E-state index contributed by atoms with van der Waals surface area (Å²) in [7, 11) is 0. The third-order valence-electron chi connectivity index (χ3n) is 0. The van der Waals surface area contributed by atoms with Gasteiger partial charge in [-0.1, -0.05) is 0 Å². The zero-order valence-electron chi connectivity index (χ0n) is 2.35. The second kappa shape index (κ2) is 20.4. The van der Waals surface area contributed by atoms with Gasteiger partial charge in [0.15, 0.2) is 0 Å². The Hall–Kier alpha value is 0.936. The predicted molar refractivity (Wildman–Crippen MR) is 7.69 cm³/mol. The topological polar surface area (TPSA) is 76.1 Å². The van der Waals surface area contributed by atoms with Crippen LogP contribution in [0, 0.1) is 11.3 Å². The summed E-state index contributed by atoms with van der Waals surface area (Å²) in [4.78, 5) is 0. The van der Waals surface area contributed by atoms with Gasteiger partial charge in [0.2, 0.25) is 0 Å². The minimum atomic E-state index is -0.417. The van der Waals surface area contributed by atoms with Crippen LogP contribution < -0.4 is 9.32 Å². The van der Waals surface area contributed by atoms with Crippen molar-refractivity contribution in [3.63, 3.8) is 0 Å². The Kier molecular flexibility index (Phi) is 68.5.